The van der Waals surface area contributed by atoms with Crippen molar-refractivity contribution in [3.63, 3.8) is 0 Å². The second-order valence-corrected chi connectivity index (χ2v) is 9.43. The standard InChI is InChI=1S/C22H22N2O5S/c1-14-5-8-17(9-6-14)30(27,28)24-11-3-4-19(24)22(26)23-16-7-10-18-15(2)12-21(25)29-20(18)13-16/h5-10,12-13,19H,3-4,11H2,1-2H3,(H,23,26)/t19-/m0/s1. The summed E-state index contributed by atoms with van der Waals surface area (Å²) in [6.45, 7) is 3.99. The predicted molar refractivity (Wildman–Crippen MR) is 114 cm³/mol. The molecule has 1 amide bonds. The SMILES string of the molecule is Cc1ccc(S(=O)(=O)N2CCC[C@H]2C(=O)Nc2ccc3c(C)cc(=O)oc3c2)cc1. The Morgan fingerprint density at radius 1 is 1.10 bits per heavy atom. The van der Waals surface area contributed by atoms with E-state index in [1.54, 1.807) is 42.5 Å². The summed E-state index contributed by atoms with van der Waals surface area (Å²) >= 11 is 0. The van der Waals surface area contributed by atoms with Gasteiger partial charge in [0.1, 0.15) is 11.6 Å². The van der Waals surface area contributed by atoms with Crippen LogP contribution < -0.4 is 10.9 Å². The molecule has 2 heterocycles. The molecule has 0 bridgehead atoms. The molecule has 3 aromatic rings. The lowest BCUT2D eigenvalue weighted by molar-refractivity contribution is -0.119. The van der Waals surface area contributed by atoms with Gasteiger partial charge in [0, 0.05) is 29.8 Å². The second-order valence-electron chi connectivity index (χ2n) is 7.54. The molecule has 1 atom stereocenters. The van der Waals surface area contributed by atoms with Crippen LogP contribution in [0.1, 0.15) is 24.0 Å². The van der Waals surface area contributed by atoms with E-state index in [0.29, 0.717) is 30.7 Å². The molecule has 1 saturated heterocycles. The number of nitrogens with one attached hydrogen (secondary N) is 1. The van der Waals surface area contributed by atoms with E-state index >= 15 is 0 Å². The van der Waals surface area contributed by atoms with E-state index in [2.05, 4.69) is 5.32 Å². The molecule has 0 radical (unpaired) electrons. The lowest BCUT2D eigenvalue weighted by atomic mass is 10.1. The average molecular weight is 426 g/mol. The zero-order valence-corrected chi connectivity index (χ0v) is 17.5. The Labute approximate surface area is 174 Å². The predicted octanol–water partition coefficient (Wildman–Crippen LogP) is 3.20. The first-order valence-corrected chi connectivity index (χ1v) is 11.1. The average Bonchev–Trinajstić information content (AvgIpc) is 3.19. The molecule has 0 unspecified atom stereocenters. The number of benzene rings is 2. The van der Waals surface area contributed by atoms with Crippen LogP contribution in [0.5, 0.6) is 0 Å². The number of fused-ring (bicyclic) bond motifs is 1. The Morgan fingerprint density at radius 3 is 2.57 bits per heavy atom. The number of hydrogen-bond donors (Lipinski definition) is 1. The first-order chi connectivity index (χ1) is 14.3. The number of hydrogen-bond acceptors (Lipinski definition) is 5. The fourth-order valence-electron chi connectivity index (χ4n) is 3.76. The number of amides is 1. The molecule has 156 valence electrons. The summed E-state index contributed by atoms with van der Waals surface area (Å²) in [7, 11) is -3.78. The van der Waals surface area contributed by atoms with Crippen LogP contribution in [0.25, 0.3) is 11.0 Å². The highest BCUT2D eigenvalue weighted by atomic mass is 32.2. The Kier molecular flexibility index (Phi) is 5.21. The number of nitrogens with zero attached hydrogens (tertiary/aromatic N) is 1. The lowest BCUT2D eigenvalue weighted by Crippen LogP contribution is -2.43. The highest BCUT2D eigenvalue weighted by Gasteiger charge is 2.39. The minimum absolute atomic E-state index is 0.177. The van der Waals surface area contributed by atoms with E-state index in [-0.39, 0.29) is 4.90 Å². The Morgan fingerprint density at radius 2 is 1.83 bits per heavy atom. The molecule has 0 spiro atoms. The van der Waals surface area contributed by atoms with Crippen LogP contribution >= 0.6 is 0 Å². The summed E-state index contributed by atoms with van der Waals surface area (Å²) in [6.07, 6.45) is 1.05. The van der Waals surface area contributed by atoms with Crippen LogP contribution in [-0.4, -0.2) is 31.2 Å². The fraction of sp³-hybridized carbons (Fsp3) is 0.273. The van der Waals surface area contributed by atoms with E-state index in [0.717, 1.165) is 16.5 Å². The fourth-order valence-corrected chi connectivity index (χ4v) is 5.42. The minimum Gasteiger partial charge on any atom is -0.423 e. The third kappa shape index (κ3) is 3.76. The second kappa shape index (κ2) is 7.70. The summed E-state index contributed by atoms with van der Waals surface area (Å²) in [4.78, 5) is 24.7. The van der Waals surface area contributed by atoms with Crippen LogP contribution in [0.4, 0.5) is 5.69 Å². The summed E-state index contributed by atoms with van der Waals surface area (Å²) < 4.78 is 32.6. The molecule has 4 rings (SSSR count). The number of carbonyl (C=O) groups is 1. The molecule has 0 saturated carbocycles. The molecule has 8 heteroatoms. The van der Waals surface area contributed by atoms with E-state index in [4.69, 9.17) is 4.42 Å². The van der Waals surface area contributed by atoms with Crippen LogP contribution in [0, 0.1) is 13.8 Å². The van der Waals surface area contributed by atoms with Gasteiger partial charge in [-0.1, -0.05) is 17.7 Å². The summed E-state index contributed by atoms with van der Waals surface area (Å²) in [5.41, 5.74) is 2.09. The molecule has 2 aromatic carbocycles. The van der Waals surface area contributed by atoms with Crippen molar-refractivity contribution in [3.05, 3.63) is 70.1 Å². The highest BCUT2D eigenvalue weighted by molar-refractivity contribution is 7.89. The molecule has 1 N–H and O–H groups in total. The van der Waals surface area contributed by atoms with E-state index < -0.39 is 27.6 Å². The lowest BCUT2D eigenvalue weighted by Gasteiger charge is -2.23. The maximum absolute atomic E-state index is 13.1. The molecule has 1 fully saturated rings. The van der Waals surface area contributed by atoms with Gasteiger partial charge in [-0.15, -0.1) is 0 Å². The van der Waals surface area contributed by atoms with Crippen molar-refractivity contribution in [1.29, 1.82) is 0 Å². The van der Waals surface area contributed by atoms with E-state index in [1.807, 2.05) is 13.8 Å². The van der Waals surface area contributed by atoms with Gasteiger partial charge in [0.05, 0.1) is 4.90 Å². The van der Waals surface area contributed by atoms with Gasteiger partial charge in [-0.2, -0.15) is 4.31 Å². The summed E-state index contributed by atoms with van der Waals surface area (Å²) in [5.74, 6) is -0.405. The molecule has 1 aromatic heterocycles. The molecular weight excluding hydrogens is 404 g/mol. The normalized spacial score (nSPS) is 17.3. The van der Waals surface area contributed by atoms with Crippen molar-refractivity contribution in [3.8, 4) is 0 Å². The zero-order chi connectivity index (χ0) is 21.5. The Balaban J connectivity index is 1.59. The smallest absolute Gasteiger partial charge is 0.336 e. The summed E-state index contributed by atoms with van der Waals surface area (Å²) in [6, 6.07) is 12.3. The number of aryl methyl sites for hydroxylation is 2. The van der Waals surface area contributed by atoms with Crippen LogP contribution in [0.3, 0.4) is 0 Å². The van der Waals surface area contributed by atoms with Gasteiger partial charge in [-0.3, -0.25) is 4.79 Å². The van der Waals surface area contributed by atoms with Crippen LogP contribution in [0.2, 0.25) is 0 Å². The Bertz CT molecular complexity index is 1280. The van der Waals surface area contributed by atoms with Crippen molar-refractivity contribution in [2.45, 2.75) is 37.6 Å². The highest BCUT2D eigenvalue weighted by Crippen LogP contribution is 2.28. The molecule has 1 aliphatic heterocycles. The zero-order valence-electron chi connectivity index (χ0n) is 16.7. The Hall–Kier alpha value is -2.97. The van der Waals surface area contributed by atoms with Crippen molar-refractivity contribution in [2.75, 3.05) is 11.9 Å². The van der Waals surface area contributed by atoms with Gasteiger partial charge < -0.3 is 9.73 Å². The maximum Gasteiger partial charge on any atom is 0.336 e. The molecular formula is C22H22N2O5S. The topological polar surface area (TPSA) is 96.7 Å². The number of sulfonamides is 1. The van der Waals surface area contributed by atoms with E-state index in [9.17, 15) is 18.0 Å². The largest absolute Gasteiger partial charge is 0.423 e. The molecule has 7 nitrogen and oxygen atoms in total. The van der Waals surface area contributed by atoms with Crippen LogP contribution in [-0.2, 0) is 14.8 Å². The van der Waals surface area contributed by atoms with Crippen molar-refractivity contribution in [1.82, 2.24) is 4.31 Å². The first-order valence-electron chi connectivity index (χ1n) is 9.69. The van der Waals surface area contributed by atoms with Gasteiger partial charge in [-0.05, 0) is 56.5 Å². The summed E-state index contributed by atoms with van der Waals surface area (Å²) in [5, 5.41) is 3.55. The first kappa shape index (κ1) is 20.3. The third-order valence-electron chi connectivity index (χ3n) is 5.35. The van der Waals surface area contributed by atoms with Crippen molar-refractivity contribution < 1.29 is 17.6 Å². The molecule has 30 heavy (non-hydrogen) atoms. The van der Waals surface area contributed by atoms with Crippen LogP contribution in [0.15, 0.2) is 62.6 Å². The maximum atomic E-state index is 13.1. The molecule has 0 aliphatic carbocycles. The van der Waals surface area contributed by atoms with Gasteiger partial charge in [0.2, 0.25) is 15.9 Å². The number of carbonyl (C=O) groups excluding carboxylic acids is 1. The quantitative estimate of drug-likeness (QED) is 0.646. The van der Waals surface area contributed by atoms with Crippen molar-refractivity contribution >= 4 is 32.6 Å². The van der Waals surface area contributed by atoms with Gasteiger partial charge in [0.15, 0.2) is 0 Å². The third-order valence-corrected chi connectivity index (χ3v) is 7.28. The van der Waals surface area contributed by atoms with E-state index in [1.165, 1.54) is 10.4 Å². The molecule has 1 aliphatic rings. The van der Waals surface area contributed by atoms with Crippen molar-refractivity contribution in [2.24, 2.45) is 0 Å². The monoisotopic (exact) mass is 426 g/mol. The van der Waals surface area contributed by atoms with Gasteiger partial charge in [0.25, 0.3) is 0 Å². The van der Waals surface area contributed by atoms with Gasteiger partial charge in [-0.25, -0.2) is 13.2 Å². The number of rotatable bonds is 4. The number of anilines is 1. The van der Waals surface area contributed by atoms with Gasteiger partial charge >= 0.3 is 5.63 Å². The minimum atomic E-state index is -3.78.